The molecule has 15 heavy (non-hydrogen) atoms. The number of ether oxygens (including phenoxy) is 1. The monoisotopic (exact) mass is 206 g/mol. The van der Waals surface area contributed by atoms with Crippen molar-refractivity contribution in [1.82, 2.24) is 0 Å². The van der Waals surface area contributed by atoms with Crippen LogP contribution in [-0.2, 0) is 4.79 Å². The summed E-state index contributed by atoms with van der Waals surface area (Å²) in [6, 6.07) is 5.68. The fourth-order valence-corrected chi connectivity index (χ4v) is 1.39. The standard InChI is InChI=1S/C12H14O3/c1-8-4-5-10(11(6-8)15-3)9(2)7-12(13)14/h4-7H,1-3H3,(H,13,14)/b9-7-. The molecule has 0 saturated carbocycles. The molecule has 1 N–H and O–H groups in total. The van der Waals surface area contributed by atoms with E-state index in [1.807, 2.05) is 25.1 Å². The van der Waals surface area contributed by atoms with Crippen LogP contribution in [0.1, 0.15) is 18.1 Å². The molecule has 0 radical (unpaired) electrons. The van der Waals surface area contributed by atoms with Gasteiger partial charge in [0.2, 0.25) is 0 Å². The van der Waals surface area contributed by atoms with Crippen molar-refractivity contribution in [1.29, 1.82) is 0 Å². The van der Waals surface area contributed by atoms with Gasteiger partial charge in [-0.2, -0.15) is 0 Å². The van der Waals surface area contributed by atoms with Gasteiger partial charge in [0.1, 0.15) is 5.75 Å². The van der Waals surface area contributed by atoms with E-state index in [1.165, 1.54) is 6.08 Å². The Morgan fingerprint density at radius 2 is 2.13 bits per heavy atom. The van der Waals surface area contributed by atoms with Gasteiger partial charge in [0.25, 0.3) is 0 Å². The van der Waals surface area contributed by atoms with Crippen LogP contribution in [0, 0.1) is 6.92 Å². The van der Waals surface area contributed by atoms with Crippen molar-refractivity contribution in [2.24, 2.45) is 0 Å². The molecular formula is C12H14O3. The Hall–Kier alpha value is -1.77. The van der Waals surface area contributed by atoms with Crippen molar-refractivity contribution in [2.75, 3.05) is 7.11 Å². The Morgan fingerprint density at radius 1 is 1.47 bits per heavy atom. The molecule has 0 aliphatic carbocycles. The summed E-state index contributed by atoms with van der Waals surface area (Å²) in [4.78, 5) is 10.5. The van der Waals surface area contributed by atoms with Gasteiger partial charge in [0, 0.05) is 11.6 Å². The zero-order valence-corrected chi connectivity index (χ0v) is 9.07. The van der Waals surface area contributed by atoms with E-state index >= 15 is 0 Å². The van der Waals surface area contributed by atoms with E-state index in [1.54, 1.807) is 14.0 Å². The second-order valence-electron chi connectivity index (χ2n) is 3.37. The number of carboxylic acids is 1. The maximum atomic E-state index is 10.5. The molecule has 80 valence electrons. The Morgan fingerprint density at radius 3 is 2.67 bits per heavy atom. The van der Waals surface area contributed by atoms with Crippen LogP contribution in [-0.4, -0.2) is 18.2 Å². The lowest BCUT2D eigenvalue weighted by atomic mass is 10.0. The van der Waals surface area contributed by atoms with Gasteiger partial charge < -0.3 is 9.84 Å². The summed E-state index contributed by atoms with van der Waals surface area (Å²) in [6.07, 6.45) is 1.17. The first kappa shape index (κ1) is 11.3. The minimum absolute atomic E-state index is 0.680. The van der Waals surface area contributed by atoms with Crippen LogP contribution >= 0.6 is 0 Å². The van der Waals surface area contributed by atoms with E-state index in [0.29, 0.717) is 11.3 Å². The van der Waals surface area contributed by atoms with Crippen molar-refractivity contribution >= 4 is 11.5 Å². The van der Waals surface area contributed by atoms with Crippen LogP contribution in [0.3, 0.4) is 0 Å². The molecule has 1 rings (SSSR count). The summed E-state index contributed by atoms with van der Waals surface area (Å²) in [7, 11) is 1.58. The Kier molecular flexibility index (Phi) is 3.50. The smallest absolute Gasteiger partial charge is 0.328 e. The topological polar surface area (TPSA) is 46.5 Å². The Balaban J connectivity index is 3.19. The summed E-state index contributed by atoms with van der Waals surface area (Å²) in [5.74, 6) is -0.250. The molecule has 0 spiro atoms. The lowest BCUT2D eigenvalue weighted by Crippen LogP contribution is -1.94. The number of methoxy groups -OCH3 is 1. The highest BCUT2D eigenvalue weighted by atomic mass is 16.5. The fourth-order valence-electron chi connectivity index (χ4n) is 1.39. The summed E-state index contributed by atoms with van der Waals surface area (Å²) in [5, 5.41) is 8.65. The highest BCUT2D eigenvalue weighted by Crippen LogP contribution is 2.26. The van der Waals surface area contributed by atoms with Gasteiger partial charge in [-0.15, -0.1) is 0 Å². The zero-order valence-electron chi connectivity index (χ0n) is 9.07. The normalized spacial score (nSPS) is 11.3. The molecule has 0 saturated heterocycles. The number of carboxylic acid groups (broad SMARTS) is 1. The molecule has 0 aromatic heterocycles. The third-order valence-corrected chi connectivity index (χ3v) is 2.12. The molecule has 1 aromatic rings. The maximum Gasteiger partial charge on any atom is 0.328 e. The average molecular weight is 206 g/mol. The highest BCUT2D eigenvalue weighted by molar-refractivity contribution is 5.90. The molecule has 0 heterocycles. The largest absolute Gasteiger partial charge is 0.496 e. The van der Waals surface area contributed by atoms with E-state index in [0.717, 1.165) is 11.1 Å². The molecule has 0 fully saturated rings. The number of aliphatic carboxylic acids is 1. The van der Waals surface area contributed by atoms with Crippen molar-refractivity contribution < 1.29 is 14.6 Å². The van der Waals surface area contributed by atoms with Crippen LogP contribution < -0.4 is 4.74 Å². The third-order valence-electron chi connectivity index (χ3n) is 2.12. The van der Waals surface area contributed by atoms with Crippen LogP contribution in [0.25, 0.3) is 5.57 Å². The average Bonchev–Trinajstić information content (AvgIpc) is 2.16. The maximum absolute atomic E-state index is 10.5. The first-order valence-corrected chi connectivity index (χ1v) is 4.61. The molecule has 3 heteroatoms. The molecule has 1 aromatic carbocycles. The first-order chi connectivity index (χ1) is 7.04. The van der Waals surface area contributed by atoms with Crippen LogP contribution in [0.5, 0.6) is 5.75 Å². The van der Waals surface area contributed by atoms with E-state index in [4.69, 9.17) is 9.84 Å². The zero-order chi connectivity index (χ0) is 11.4. The molecule has 0 aliphatic heterocycles. The fraction of sp³-hybridized carbons (Fsp3) is 0.250. The Labute approximate surface area is 89.0 Å². The van der Waals surface area contributed by atoms with E-state index < -0.39 is 5.97 Å². The minimum Gasteiger partial charge on any atom is -0.496 e. The molecule has 0 amide bonds. The molecule has 0 atom stereocenters. The first-order valence-electron chi connectivity index (χ1n) is 4.61. The van der Waals surface area contributed by atoms with Crippen molar-refractivity contribution in [3.63, 3.8) is 0 Å². The van der Waals surface area contributed by atoms with Crippen LogP contribution in [0.2, 0.25) is 0 Å². The number of allylic oxidation sites excluding steroid dienone is 1. The van der Waals surface area contributed by atoms with Crippen LogP contribution in [0.4, 0.5) is 0 Å². The van der Waals surface area contributed by atoms with E-state index in [-0.39, 0.29) is 0 Å². The predicted octanol–water partition coefficient (Wildman–Crippen LogP) is 2.49. The SMILES string of the molecule is COc1cc(C)ccc1/C(C)=C\C(=O)O. The van der Waals surface area contributed by atoms with Gasteiger partial charge in [0.15, 0.2) is 0 Å². The van der Waals surface area contributed by atoms with Gasteiger partial charge in [-0.1, -0.05) is 12.1 Å². The number of carbonyl (C=O) groups is 1. The third kappa shape index (κ3) is 2.84. The summed E-state index contributed by atoms with van der Waals surface area (Å²) in [6.45, 7) is 3.71. The molecule has 0 aliphatic rings. The van der Waals surface area contributed by atoms with Crippen molar-refractivity contribution in [2.45, 2.75) is 13.8 Å². The molecule has 0 bridgehead atoms. The van der Waals surface area contributed by atoms with Crippen molar-refractivity contribution in [3.05, 3.63) is 35.4 Å². The molecular weight excluding hydrogens is 192 g/mol. The number of rotatable bonds is 3. The molecule has 0 unspecified atom stereocenters. The van der Waals surface area contributed by atoms with E-state index in [9.17, 15) is 4.79 Å². The second kappa shape index (κ2) is 4.64. The van der Waals surface area contributed by atoms with Crippen LogP contribution in [0.15, 0.2) is 24.3 Å². The van der Waals surface area contributed by atoms with Gasteiger partial charge in [-0.05, 0) is 31.1 Å². The van der Waals surface area contributed by atoms with Gasteiger partial charge in [-0.3, -0.25) is 0 Å². The quantitative estimate of drug-likeness (QED) is 0.773. The second-order valence-corrected chi connectivity index (χ2v) is 3.37. The summed E-state index contributed by atoms with van der Waals surface area (Å²) >= 11 is 0. The van der Waals surface area contributed by atoms with Gasteiger partial charge in [0.05, 0.1) is 7.11 Å². The number of hydrogen-bond donors (Lipinski definition) is 1. The minimum atomic E-state index is -0.949. The number of benzene rings is 1. The molecule has 3 nitrogen and oxygen atoms in total. The summed E-state index contributed by atoms with van der Waals surface area (Å²) < 4.78 is 5.20. The lowest BCUT2D eigenvalue weighted by molar-refractivity contribution is -0.131. The number of aryl methyl sites for hydroxylation is 1. The van der Waals surface area contributed by atoms with Crippen molar-refractivity contribution in [3.8, 4) is 5.75 Å². The number of hydrogen-bond acceptors (Lipinski definition) is 2. The van der Waals surface area contributed by atoms with E-state index in [2.05, 4.69) is 0 Å². The van der Waals surface area contributed by atoms with Gasteiger partial charge >= 0.3 is 5.97 Å². The predicted molar refractivity (Wildman–Crippen MR) is 59.0 cm³/mol. The Bertz CT molecular complexity index is 405. The summed E-state index contributed by atoms with van der Waals surface area (Å²) in [5.41, 5.74) is 2.57. The lowest BCUT2D eigenvalue weighted by Gasteiger charge is -2.09. The highest BCUT2D eigenvalue weighted by Gasteiger charge is 2.05. The van der Waals surface area contributed by atoms with Gasteiger partial charge in [-0.25, -0.2) is 4.79 Å².